The summed E-state index contributed by atoms with van der Waals surface area (Å²) in [5.74, 6) is -6.24. The van der Waals surface area contributed by atoms with E-state index in [1.165, 1.54) is 12.3 Å². The molecule has 65 heavy (non-hydrogen) atoms. The third-order valence-corrected chi connectivity index (χ3v) is 10.0. The van der Waals surface area contributed by atoms with Gasteiger partial charge in [0.2, 0.25) is 0 Å². The number of nitrogens with zero attached hydrogens (tertiary/aromatic N) is 6. The summed E-state index contributed by atoms with van der Waals surface area (Å²) >= 11 is 0. The minimum absolute atomic E-state index is 0.0457. The van der Waals surface area contributed by atoms with Crippen molar-refractivity contribution < 1.29 is 61.1 Å². The van der Waals surface area contributed by atoms with Gasteiger partial charge >= 0.3 is 18.1 Å². The maximum atomic E-state index is 15.0. The lowest BCUT2D eigenvalue weighted by molar-refractivity contribution is -0.147. The summed E-state index contributed by atoms with van der Waals surface area (Å²) in [7, 11) is 0. The molecule has 3 N–H and O–H groups in total. The van der Waals surface area contributed by atoms with Crippen LogP contribution in [-0.2, 0) is 9.47 Å². The SMILES string of the molecule is CC(C)(C)OC(=O)N1CCC(O)C(F)(F)C1.CC(C)(C)OC(=O)N1CCC(Oc2cc(-c3ccc(O)cc3)cn3cncc23)C(F)(F)C1.Oc1ccc(-c2cc(F)c3cncn3c2)cc1. The number of hydrogen-bond acceptors (Lipinski definition) is 10. The van der Waals surface area contributed by atoms with E-state index in [0.717, 1.165) is 32.1 Å². The van der Waals surface area contributed by atoms with E-state index in [1.807, 2.05) is 6.20 Å². The van der Waals surface area contributed by atoms with Crippen LogP contribution < -0.4 is 4.74 Å². The van der Waals surface area contributed by atoms with E-state index >= 15 is 0 Å². The fourth-order valence-electron chi connectivity index (χ4n) is 6.82. The molecule has 19 heteroatoms. The zero-order chi connectivity index (χ0) is 47.5. The highest BCUT2D eigenvalue weighted by Gasteiger charge is 2.49. The predicted octanol–water partition coefficient (Wildman–Crippen LogP) is 9.20. The number of piperidine rings is 2. The number of ether oxygens (including phenoxy) is 3. The number of likely N-dealkylation sites (tertiary alicyclic amines) is 2. The van der Waals surface area contributed by atoms with Crippen molar-refractivity contribution in [2.45, 2.75) is 89.6 Å². The van der Waals surface area contributed by atoms with Gasteiger partial charge in [0.15, 0.2) is 6.10 Å². The van der Waals surface area contributed by atoms with E-state index in [-0.39, 0.29) is 49.0 Å². The monoisotopic (exact) mass is 910 g/mol. The molecule has 2 atom stereocenters. The topological polar surface area (TPSA) is 164 Å². The molecular weight excluding hydrogens is 860 g/mol. The van der Waals surface area contributed by atoms with Gasteiger partial charge in [0.1, 0.15) is 51.4 Å². The van der Waals surface area contributed by atoms with Gasteiger partial charge in [0.25, 0.3) is 5.92 Å². The molecule has 2 aliphatic heterocycles. The van der Waals surface area contributed by atoms with Gasteiger partial charge in [0, 0.05) is 43.0 Å². The fourth-order valence-corrected chi connectivity index (χ4v) is 6.82. The molecule has 6 aromatic rings. The highest BCUT2D eigenvalue weighted by molar-refractivity contribution is 5.72. The smallest absolute Gasteiger partial charge is 0.410 e. The number of aliphatic hydroxyl groups excluding tert-OH is 1. The van der Waals surface area contributed by atoms with E-state index in [4.69, 9.17) is 19.3 Å². The summed E-state index contributed by atoms with van der Waals surface area (Å²) in [5.41, 5.74) is 2.63. The van der Waals surface area contributed by atoms with E-state index in [1.54, 1.807) is 130 Å². The summed E-state index contributed by atoms with van der Waals surface area (Å²) < 4.78 is 89.3. The standard InChI is InChI=1S/C23H25F2N3O4.C13H9FN2O.C10H17F2NO3/c1-22(2,3)32-21(30)27-9-8-20(23(24,25)13-27)31-19-10-16(12-28-14-26-11-18(19)28)15-4-6-17(29)7-5-15;14-12-5-10(7-16-8-15-6-13(12)16)9-1-3-11(17)4-2-9;1-9(2,3)16-8(15)13-5-4-7(14)10(11,12)6-13/h4-7,10-12,14,20,29H,8-9,13H2,1-3H3;1-8,17H;7,14H,4-6H2,1-3H3. The number of carbonyl (C=O) groups excluding carboxylic acids is 2. The van der Waals surface area contributed by atoms with E-state index in [2.05, 4.69) is 9.97 Å². The molecule has 2 fully saturated rings. The van der Waals surface area contributed by atoms with Crippen molar-refractivity contribution in [1.29, 1.82) is 0 Å². The average Bonchev–Trinajstić information content (AvgIpc) is 3.90. The van der Waals surface area contributed by atoms with Crippen LogP contribution in [0.5, 0.6) is 17.2 Å². The number of alkyl halides is 4. The number of phenolic OH excluding ortho intramolecular Hbond substituents is 2. The second kappa shape index (κ2) is 18.8. The Kier molecular flexibility index (Phi) is 13.9. The van der Waals surface area contributed by atoms with E-state index < -0.39 is 60.5 Å². The Bertz CT molecular complexity index is 2590. The molecule has 2 saturated heterocycles. The number of benzene rings is 2. The number of carbonyl (C=O) groups is 2. The third-order valence-electron chi connectivity index (χ3n) is 10.0. The number of aliphatic hydroxyl groups is 1. The van der Waals surface area contributed by atoms with Crippen molar-refractivity contribution in [3.8, 4) is 39.5 Å². The number of halogens is 5. The van der Waals surface area contributed by atoms with Crippen LogP contribution in [0.4, 0.5) is 31.5 Å². The number of fused-ring (bicyclic) bond motifs is 2. The molecule has 0 aliphatic carbocycles. The van der Waals surface area contributed by atoms with Crippen LogP contribution in [0.1, 0.15) is 54.4 Å². The quantitative estimate of drug-likeness (QED) is 0.145. The number of imidazole rings is 2. The Morgan fingerprint density at radius 3 is 1.58 bits per heavy atom. The van der Waals surface area contributed by atoms with Gasteiger partial charge < -0.3 is 48.1 Å². The minimum Gasteiger partial charge on any atom is -0.508 e. The normalized spacial score (nSPS) is 18.2. The lowest BCUT2D eigenvalue weighted by Crippen LogP contribution is -2.56. The number of rotatable bonds is 4. The molecule has 348 valence electrons. The lowest BCUT2D eigenvalue weighted by Gasteiger charge is -2.38. The summed E-state index contributed by atoms with van der Waals surface area (Å²) in [6.45, 7) is 8.70. The Labute approximate surface area is 371 Å². The number of phenols is 2. The van der Waals surface area contributed by atoms with Crippen LogP contribution in [0.3, 0.4) is 0 Å². The first kappa shape index (κ1) is 47.8. The predicted molar refractivity (Wildman–Crippen MR) is 230 cm³/mol. The molecule has 14 nitrogen and oxygen atoms in total. The summed E-state index contributed by atoms with van der Waals surface area (Å²) in [6.07, 6.45) is 4.98. The lowest BCUT2D eigenvalue weighted by atomic mass is 10.0. The molecule has 2 unspecified atom stereocenters. The van der Waals surface area contributed by atoms with Crippen LogP contribution in [0, 0.1) is 5.82 Å². The maximum absolute atomic E-state index is 15.0. The van der Waals surface area contributed by atoms with Crippen LogP contribution in [0.15, 0.2) is 98.1 Å². The molecule has 2 aromatic carbocycles. The molecule has 0 spiro atoms. The third kappa shape index (κ3) is 12.3. The van der Waals surface area contributed by atoms with Crippen LogP contribution in [-0.4, -0.2) is 118 Å². The molecule has 0 saturated carbocycles. The zero-order valence-electron chi connectivity index (χ0n) is 36.6. The Morgan fingerprint density at radius 2 is 1.11 bits per heavy atom. The van der Waals surface area contributed by atoms with Crippen molar-refractivity contribution >= 4 is 23.2 Å². The van der Waals surface area contributed by atoms with Crippen molar-refractivity contribution in [2.24, 2.45) is 0 Å². The summed E-state index contributed by atoms with van der Waals surface area (Å²) in [6, 6.07) is 16.3. The highest BCUT2D eigenvalue weighted by atomic mass is 19.3. The fraction of sp³-hybridized carbons (Fsp3) is 0.391. The molecule has 4 aromatic heterocycles. The molecule has 6 heterocycles. The first-order chi connectivity index (χ1) is 30.4. The number of aromatic hydroxyl groups is 2. The molecule has 0 bridgehead atoms. The van der Waals surface area contributed by atoms with Gasteiger partial charge in [0.05, 0.1) is 38.1 Å². The van der Waals surface area contributed by atoms with E-state index in [0.29, 0.717) is 11.0 Å². The molecule has 0 radical (unpaired) electrons. The van der Waals surface area contributed by atoms with Crippen molar-refractivity contribution in [2.75, 3.05) is 26.2 Å². The number of pyridine rings is 2. The highest BCUT2D eigenvalue weighted by Crippen LogP contribution is 2.36. The molecular formula is C46H51F5N6O8. The Hall–Kier alpha value is -6.63. The van der Waals surface area contributed by atoms with Crippen LogP contribution >= 0.6 is 0 Å². The van der Waals surface area contributed by atoms with Gasteiger partial charge in [-0.15, -0.1) is 0 Å². The van der Waals surface area contributed by atoms with Gasteiger partial charge in [-0.25, -0.2) is 41.5 Å². The van der Waals surface area contributed by atoms with Gasteiger partial charge in [-0.2, -0.15) is 0 Å². The molecule has 8 rings (SSSR count). The second-order valence-electron chi connectivity index (χ2n) is 17.7. The van der Waals surface area contributed by atoms with Gasteiger partial charge in [-0.3, -0.25) is 0 Å². The van der Waals surface area contributed by atoms with Gasteiger partial charge in [-0.05, 0) is 95.5 Å². The Morgan fingerprint density at radius 1 is 0.662 bits per heavy atom. The van der Waals surface area contributed by atoms with Gasteiger partial charge in [-0.1, -0.05) is 24.3 Å². The maximum Gasteiger partial charge on any atom is 0.410 e. The average molecular weight is 911 g/mol. The van der Waals surface area contributed by atoms with E-state index in [9.17, 15) is 41.8 Å². The number of hydrogen-bond donors (Lipinski definition) is 3. The zero-order valence-corrected chi connectivity index (χ0v) is 36.6. The van der Waals surface area contributed by atoms with Crippen molar-refractivity contribution in [1.82, 2.24) is 28.6 Å². The molecule has 2 aliphatic rings. The number of amides is 2. The Balaban J connectivity index is 0.000000178. The number of aromatic nitrogens is 4. The van der Waals surface area contributed by atoms with Crippen molar-refractivity contribution in [3.63, 3.8) is 0 Å². The first-order valence-electron chi connectivity index (χ1n) is 20.6. The first-order valence-corrected chi connectivity index (χ1v) is 20.6. The summed E-state index contributed by atoms with van der Waals surface area (Å²) in [4.78, 5) is 33.7. The minimum atomic E-state index is -3.26. The van der Waals surface area contributed by atoms with Crippen LogP contribution in [0.2, 0.25) is 0 Å². The molecule has 2 amide bonds. The van der Waals surface area contributed by atoms with Crippen molar-refractivity contribution in [3.05, 3.63) is 104 Å². The largest absolute Gasteiger partial charge is 0.508 e. The van der Waals surface area contributed by atoms with Crippen LogP contribution in [0.25, 0.3) is 33.3 Å². The second-order valence-corrected chi connectivity index (χ2v) is 17.7. The summed E-state index contributed by atoms with van der Waals surface area (Å²) in [5, 5.41) is 27.8.